The number of carbonyl (C=O) groups is 1. The average molecular weight is 413 g/mol. The van der Waals surface area contributed by atoms with Crippen LogP contribution in [0.3, 0.4) is 0 Å². The molecule has 2 aliphatic rings. The number of nitrogens with zero attached hydrogens (tertiary/aromatic N) is 3. The van der Waals surface area contributed by atoms with Crippen LogP contribution < -0.4 is 15.1 Å². The zero-order valence-electron chi connectivity index (χ0n) is 17.6. The zero-order chi connectivity index (χ0) is 21.1. The first-order valence-electron chi connectivity index (χ1n) is 10.6. The highest BCUT2D eigenvalue weighted by Crippen LogP contribution is 2.34. The van der Waals surface area contributed by atoms with Crippen LogP contribution in [0.2, 0.25) is 0 Å². The molecule has 2 unspecified atom stereocenters. The van der Waals surface area contributed by atoms with Gasteiger partial charge in [-0.05, 0) is 37.5 Å². The molecule has 6 nitrogen and oxygen atoms in total. The van der Waals surface area contributed by atoms with E-state index in [1.807, 2.05) is 55.1 Å². The quantitative estimate of drug-likeness (QED) is 0.814. The van der Waals surface area contributed by atoms with Crippen molar-refractivity contribution in [3.8, 4) is 0 Å². The predicted octanol–water partition coefficient (Wildman–Crippen LogP) is 3.52. The van der Waals surface area contributed by atoms with Crippen molar-refractivity contribution < 1.29 is 13.9 Å². The number of halogens is 1. The maximum absolute atomic E-state index is 14.0. The summed E-state index contributed by atoms with van der Waals surface area (Å²) in [6.45, 7) is 7.66. The molecule has 3 heterocycles. The van der Waals surface area contributed by atoms with Gasteiger partial charge in [-0.25, -0.2) is 9.37 Å². The summed E-state index contributed by atoms with van der Waals surface area (Å²) in [7, 11) is 0. The number of anilines is 3. The van der Waals surface area contributed by atoms with Gasteiger partial charge in [-0.2, -0.15) is 0 Å². The Hall–Kier alpha value is -2.67. The van der Waals surface area contributed by atoms with Crippen LogP contribution in [0.15, 0.2) is 36.4 Å². The molecule has 0 spiro atoms. The topological polar surface area (TPSA) is 57.7 Å². The fourth-order valence-corrected chi connectivity index (χ4v) is 4.07. The van der Waals surface area contributed by atoms with Crippen molar-refractivity contribution in [3.63, 3.8) is 0 Å². The van der Waals surface area contributed by atoms with Crippen LogP contribution in [0.25, 0.3) is 0 Å². The van der Waals surface area contributed by atoms with Crippen LogP contribution in [0, 0.1) is 6.92 Å². The molecule has 2 fully saturated rings. The van der Waals surface area contributed by atoms with Gasteiger partial charge in [0.1, 0.15) is 12.0 Å². The summed E-state index contributed by atoms with van der Waals surface area (Å²) in [5.41, 5.74) is 2.59. The van der Waals surface area contributed by atoms with E-state index in [1.165, 1.54) is 0 Å². The number of nitrogens with one attached hydrogen (secondary N) is 1. The van der Waals surface area contributed by atoms with E-state index in [9.17, 15) is 9.18 Å². The molecular formula is C23H29FN4O2. The van der Waals surface area contributed by atoms with Gasteiger partial charge in [0.25, 0.3) is 0 Å². The van der Waals surface area contributed by atoms with E-state index < -0.39 is 6.17 Å². The highest BCUT2D eigenvalue weighted by atomic mass is 19.1. The van der Waals surface area contributed by atoms with Crippen molar-refractivity contribution >= 4 is 23.2 Å². The second-order valence-electron chi connectivity index (χ2n) is 8.05. The van der Waals surface area contributed by atoms with Crippen molar-refractivity contribution in [2.45, 2.75) is 32.4 Å². The summed E-state index contributed by atoms with van der Waals surface area (Å²) in [6, 6.07) is 11.7. The number of pyridine rings is 1. The fourth-order valence-electron chi connectivity index (χ4n) is 4.07. The Morgan fingerprint density at radius 1 is 1.17 bits per heavy atom. The Morgan fingerprint density at radius 3 is 2.57 bits per heavy atom. The van der Waals surface area contributed by atoms with Crippen molar-refractivity contribution in [1.82, 2.24) is 4.98 Å². The van der Waals surface area contributed by atoms with E-state index in [1.54, 1.807) is 0 Å². The molecular weight excluding hydrogens is 383 g/mol. The first-order chi connectivity index (χ1) is 14.5. The molecule has 1 N–H and O–H groups in total. The molecule has 30 heavy (non-hydrogen) atoms. The smallest absolute Gasteiger partial charge is 0.231 e. The molecule has 0 saturated carbocycles. The van der Waals surface area contributed by atoms with Gasteiger partial charge in [-0.3, -0.25) is 4.79 Å². The standard InChI is InChI=1S/C23H29FN4O2/c1-16-14-20(25-23(29)17(2)18-6-4-3-5-7-18)22(28-9-8-19(24)15-28)26-21(16)27-10-12-30-13-11-27/h3-7,14,17,19H,8-13,15H2,1-2H3,(H,25,29). The molecule has 1 amide bonds. The highest BCUT2D eigenvalue weighted by molar-refractivity contribution is 5.98. The zero-order valence-corrected chi connectivity index (χ0v) is 17.6. The van der Waals surface area contributed by atoms with Gasteiger partial charge in [0.05, 0.1) is 31.4 Å². The van der Waals surface area contributed by atoms with E-state index in [0.717, 1.165) is 30.0 Å². The van der Waals surface area contributed by atoms with Crippen LogP contribution in [-0.2, 0) is 9.53 Å². The summed E-state index contributed by atoms with van der Waals surface area (Å²) in [5, 5.41) is 3.06. The predicted molar refractivity (Wildman–Crippen MR) is 117 cm³/mol. The normalized spacial score (nSPS) is 20.3. The molecule has 2 aliphatic heterocycles. The lowest BCUT2D eigenvalue weighted by atomic mass is 10.0. The molecule has 0 radical (unpaired) electrons. The third-order valence-electron chi connectivity index (χ3n) is 5.86. The number of alkyl halides is 1. The summed E-state index contributed by atoms with van der Waals surface area (Å²) < 4.78 is 19.4. The molecule has 2 saturated heterocycles. The summed E-state index contributed by atoms with van der Waals surface area (Å²) >= 11 is 0. The van der Waals surface area contributed by atoms with E-state index in [2.05, 4.69) is 10.2 Å². The monoisotopic (exact) mass is 412 g/mol. The number of aryl methyl sites for hydroxylation is 1. The van der Waals surface area contributed by atoms with Gasteiger partial charge in [0.15, 0.2) is 5.82 Å². The van der Waals surface area contributed by atoms with Crippen molar-refractivity contribution in [3.05, 3.63) is 47.5 Å². The third-order valence-corrected chi connectivity index (χ3v) is 5.86. The summed E-state index contributed by atoms with van der Waals surface area (Å²) in [5.74, 6) is 1.13. The van der Waals surface area contributed by atoms with Crippen LogP contribution in [0.4, 0.5) is 21.7 Å². The van der Waals surface area contributed by atoms with E-state index in [-0.39, 0.29) is 11.8 Å². The summed E-state index contributed by atoms with van der Waals surface area (Å²) in [4.78, 5) is 22.0. The van der Waals surface area contributed by atoms with Crippen molar-refractivity contribution in [2.75, 3.05) is 54.5 Å². The number of aromatic nitrogens is 1. The first kappa shape index (κ1) is 20.6. The molecule has 0 bridgehead atoms. The lowest BCUT2D eigenvalue weighted by Crippen LogP contribution is -2.37. The van der Waals surface area contributed by atoms with E-state index in [0.29, 0.717) is 44.2 Å². The van der Waals surface area contributed by atoms with Gasteiger partial charge < -0.3 is 19.9 Å². The molecule has 0 aliphatic carbocycles. The Labute approximate surface area is 177 Å². The average Bonchev–Trinajstić information content (AvgIpc) is 3.20. The van der Waals surface area contributed by atoms with Crippen LogP contribution in [-0.4, -0.2) is 56.5 Å². The highest BCUT2D eigenvalue weighted by Gasteiger charge is 2.28. The second kappa shape index (κ2) is 9.00. The number of hydrogen-bond donors (Lipinski definition) is 1. The van der Waals surface area contributed by atoms with Crippen LogP contribution in [0.1, 0.15) is 30.4 Å². The molecule has 2 atom stereocenters. The fraction of sp³-hybridized carbons (Fsp3) is 0.478. The Bertz CT molecular complexity index is 886. The third kappa shape index (κ3) is 4.41. The van der Waals surface area contributed by atoms with E-state index >= 15 is 0 Å². The molecule has 1 aromatic heterocycles. The number of amides is 1. The minimum atomic E-state index is -0.869. The number of morpholine rings is 1. The van der Waals surface area contributed by atoms with Gasteiger partial charge in [0.2, 0.25) is 5.91 Å². The largest absolute Gasteiger partial charge is 0.378 e. The lowest BCUT2D eigenvalue weighted by Gasteiger charge is -2.31. The van der Waals surface area contributed by atoms with Gasteiger partial charge in [-0.1, -0.05) is 30.3 Å². The van der Waals surface area contributed by atoms with Crippen molar-refractivity contribution in [2.24, 2.45) is 0 Å². The Morgan fingerprint density at radius 2 is 1.90 bits per heavy atom. The molecule has 2 aromatic rings. The maximum Gasteiger partial charge on any atom is 0.231 e. The maximum atomic E-state index is 14.0. The summed E-state index contributed by atoms with van der Waals surface area (Å²) in [6.07, 6.45) is -0.386. The number of rotatable bonds is 5. The first-order valence-corrected chi connectivity index (χ1v) is 10.6. The SMILES string of the molecule is Cc1cc(NC(=O)C(C)c2ccccc2)c(N2CCC(F)C2)nc1N1CCOCC1. The van der Waals surface area contributed by atoms with Crippen LogP contribution in [0.5, 0.6) is 0 Å². The Kier molecular flexibility index (Phi) is 6.18. The molecule has 160 valence electrons. The number of ether oxygens (including phenoxy) is 1. The Balaban J connectivity index is 1.63. The van der Waals surface area contributed by atoms with E-state index in [4.69, 9.17) is 9.72 Å². The minimum Gasteiger partial charge on any atom is -0.378 e. The van der Waals surface area contributed by atoms with Crippen LogP contribution >= 0.6 is 0 Å². The van der Waals surface area contributed by atoms with Crippen molar-refractivity contribution in [1.29, 1.82) is 0 Å². The van der Waals surface area contributed by atoms with Gasteiger partial charge >= 0.3 is 0 Å². The molecule has 7 heteroatoms. The van der Waals surface area contributed by atoms with Gasteiger partial charge in [0, 0.05) is 19.6 Å². The molecule has 1 aromatic carbocycles. The number of carbonyl (C=O) groups excluding carboxylic acids is 1. The number of benzene rings is 1. The molecule has 4 rings (SSSR count). The number of hydrogen-bond acceptors (Lipinski definition) is 5. The lowest BCUT2D eigenvalue weighted by molar-refractivity contribution is -0.117. The van der Waals surface area contributed by atoms with Gasteiger partial charge in [-0.15, -0.1) is 0 Å². The second-order valence-corrected chi connectivity index (χ2v) is 8.05. The minimum absolute atomic E-state index is 0.0984.